The molecule has 0 radical (unpaired) electrons. The van der Waals surface area contributed by atoms with Crippen molar-refractivity contribution < 1.29 is 34.0 Å². The van der Waals surface area contributed by atoms with Gasteiger partial charge in [-0.25, -0.2) is 4.79 Å². The molecule has 0 aromatic carbocycles. The first kappa shape index (κ1) is 13.3. The van der Waals surface area contributed by atoms with Crippen molar-refractivity contribution in [2.45, 2.75) is 62.3 Å². The fraction of sp³-hybridized carbons (Fsp3) is 0.867. The lowest BCUT2D eigenvalue weighted by Crippen LogP contribution is -2.68. The molecule has 2 aliphatic carbocycles. The second kappa shape index (κ2) is 3.07. The summed E-state index contributed by atoms with van der Waals surface area (Å²) in [5, 5.41) is 21.9. The molecule has 2 N–H and O–H groups in total. The lowest BCUT2D eigenvalue weighted by molar-refractivity contribution is -0.223. The van der Waals surface area contributed by atoms with E-state index in [1.807, 2.05) is 0 Å². The molecule has 2 bridgehead atoms. The molecule has 3 saturated heterocycles. The first-order valence-electron chi connectivity index (χ1n) is 7.63. The van der Waals surface area contributed by atoms with Crippen molar-refractivity contribution in [2.24, 2.45) is 17.3 Å². The summed E-state index contributed by atoms with van der Waals surface area (Å²) in [4.78, 5) is 24.8. The molecule has 3 aliphatic heterocycles. The number of ether oxygens (including phenoxy) is 3. The third-order valence-electron chi connectivity index (χ3n) is 6.85. The molecule has 7 nitrogen and oxygen atoms in total. The number of epoxide rings is 1. The van der Waals surface area contributed by atoms with Crippen LogP contribution in [0.2, 0.25) is 0 Å². The summed E-state index contributed by atoms with van der Waals surface area (Å²) in [7, 11) is 0. The number of hydrogen-bond donors (Lipinski definition) is 2. The third kappa shape index (κ3) is 0.962. The molecule has 5 rings (SSSR count). The molecule has 2 saturated carbocycles. The Morgan fingerprint density at radius 2 is 1.95 bits per heavy atom. The van der Waals surface area contributed by atoms with Gasteiger partial charge in [0.15, 0.2) is 6.10 Å². The predicted molar refractivity (Wildman–Crippen MR) is 68.3 cm³/mol. The summed E-state index contributed by atoms with van der Waals surface area (Å²) in [5.41, 5.74) is -4.89. The summed E-state index contributed by atoms with van der Waals surface area (Å²) in [6, 6.07) is 0. The summed E-state index contributed by atoms with van der Waals surface area (Å²) in [6.45, 7) is 4.92. The van der Waals surface area contributed by atoms with Gasteiger partial charge in [0.05, 0.1) is 22.5 Å². The molecular formula is C15H18O7. The van der Waals surface area contributed by atoms with Gasteiger partial charge < -0.3 is 24.4 Å². The largest absolute Gasteiger partial charge is 0.458 e. The van der Waals surface area contributed by atoms with Crippen molar-refractivity contribution in [3.8, 4) is 0 Å². The molecular weight excluding hydrogens is 292 g/mol. The molecule has 7 heteroatoms. The maximum Gasteiger partial charge on any atom is 0.342 e. The molecule has 8 atom stereocenters. The Balaban J connectivity index is 1.76. The molecule has 3 heterocycles. The minimum Gasteiger partial charge on any atom is -0.458 e. The summed E-state index contributed by atoms with van der Waals surface area (Å²) in [6.07, 6.45) is -1.78. The van der Waals surface area contributed by atoms with Crippen LogP contribution in [0.25, 0.3) is 0 Å². The van der Waals surface area contributed by atoms with Crippen LogP contribution in [0.4, 0.5) is 0 Å². The Hall–Kier alpha value is -1.18. The quantitative estimate of drug-likeness (QED) is 0.479. The Kier molecular flexibility index (Phi) is 1.85. The van der Waals surface area contributed by atoms with E-state index < -0.39 is 64.3 Å². The first-order valence-corrected chi connectivity index (χ1v) is 7.63. The number of fused-ring (bicyclic) bond motifs is 4. The topological polar surface area (TPSA) is 106 Å². The molecule has 120 valence electrons. The molecule has 5 fully saturated rings. The zero-order chi connectivity index (χ0) is 15.9. The number of rotatable bonds is 1. The number of carbonyl (C=O) groups excluding carboxylic acids is 2. The highest BCUT2D eigenvalue weighted by molar-refractivity contribution is 5.91. The van der Waals surface area contributed by atoms with Crippen LogP contribution in [0.3, 0.4) is 0 Å². The van der Waals surface area contributed by atoms with Crippen LogP contribution in [-0.4, -0.2) is 57.3 Å². The summed E-state index contributed by atoms with van der Waals surface area (Å²) < 4.78 is 16.5. The molecule has 0 amide bonds. The van der Waals surface area contributed by atoms with E-state index in [9.17, 15) is 19.8 Å². The van der Waals surface area contributed by atoms with E-state index >= 15 is 0 Å². The van der Waals surface area contributed by atoms with Gasteiger partial charge in [0, 0.05) is 12.3 Å². The van der Waals surface area contributed by atoms with E-state index in [1.165, 1.54) is 0 Å². The van der Waals surface area contributed by atoms with Crippen molar-refractivity contribution in [1.29, 1.82) is 0 Å². The predicted octanol–water partition coefficient (Wildman–Crippen LogP) is -0.867. The zero-order valence-corrected chi connectivity index (χ0v) is 12.5. The average Bonchev–Trinajstić information content (AvgIpc) is 2.85. The molecule has 5 aliphatic rings. The highest BCUT2D eigenvalue weighted by atomic mass is 16.7. The minimum absolute atomic E-state index is 0.189. The van der Waals surface area contributed by atoms with Gasteiger partial charge in [0.25, 0.3) is 0 Å². The summed E-state index contributed by atoms with van der Waals surface area (Å²) >= 11 is 0. The van der Waals surface area contributed by atoms with Gasteiger partial charge in [-0.05, 0) is 20.8 Å². The van der Waals surface area contributed by atoms with Gasteiger partial charge >= 0.3 is 11.9 Å². The maximum absolute atomic E-state index is 12.4. The van der Waals surface area contributed by atoms with E-state index in [4.69, 9.17) is 14.2 Å². The van der Waals surface area contributed by atoms with Crippen LogP contribution in [0.5, 0.6) is 0 Å². The van der Waals surface area contributed by atoms with E-state index in [0.717, 1.165) is 0 Å². The number of esters is 2. The molecule has 0 aromatic heterocycles. The van der Waals surface area contributed by atoms with Crippen LogP contribution >= 0.6 is 0 Å². The van der Waals surface area contributed by atoms with Gasteiger partial charge in [-0.3, -0.25) is 4.79 Å². The highest BCUT2D eigenvalue weighted by Gasteiger charge is 2.95. The molecule has 0 unspecified atom stereocenters. The van der Waals surface area contributed by atoms with Crippen molar-refractivity contribution >= 4 is 11.9 Å². The zero-order valence-electron chi connectivity index (χ0n) is 12.5. The van der Waals surface area contributed by atoms with E-state index in [2.05, 4.69) is 0 Å². The lowest BCUT2D eigenvalue weighted by atomic mass is 9.52. The fourth-order valence-electron chi connectivity index (χ4n) is 5.83. The van der Waals surface area contributed by atoms with Crippen LogP contribution < -0.4 is 0 Å². The van der Waals surface area contributed by atoms with Crippen molar-refractivity contribution in [3.05, 3.63) is 0 Å². The second-order valence-corrected chi connectivity index (χ2v) is 8.06. The fourth-order valence-corrected chi connectivity index (χ4v) is 5.83. The van der Waals surface area contributed by atoms with Crippen LogP contribution in [-0.2, 0) is 23.8 Å². The molecule has 1 spiro atoms. The Morgan fingerprint density at radius 3 is 2.59 bits per heavy atom. The lowest BCUT2D eigenvalue weighted by Gasteiger charge is -2.53. The SMILES string of the molecule is CC(C)(O)[C@H]1[C@H]2OC(=O)[C@@H]1[C@@]1(O)C[C@@H]3O[C@@]34C(=O)O[C@H]2[C@]14C. The number of carbonyl (C=O) groups is 2. The van der Waals surface area contributed by atoms with Crippen molar-refractivity contribution in [1.82, 2.24) is 0 Å². The van der Waals surface area contributed by atoms with E-state index in [0.29, 0.717) is 0 Å². The highest BCUT2D eigenvalue weighted by Crippen LogP contribution is 2.77. The van der Waals surface area contributed by atoms with Gasteiger partial charge in [-0.15, -0.1) is 0 Å². The number of hydrogen-bond acceptors (Lipinski definition) is 7. The van der Waals surface area contributed by atoms with Crippen molar-refractivity contribution in [3.63, 3.8) is 0 Å². The van der Waals surface area contributed by atoms with Crippen LogP contribution in [0.1, 0.15) is 27.2 Å². The smallest absolute Gasteiger partial charge is 0.342 e. The Labute approximate surface area is 126 Å². The van der Waals surface area contributed by atoms with Gasteiger partial charge in [-0.1, -0.05) is 0 Å². The third-order valence-corrected chi connectivity index (χ3v) is 6.85. The van der Waals surface area contributed by atoms with Gasteiger partial charge in [0.2, 0.25) is 5.60 Å². The normalized spacial score (nSPS) is 60.7. The second-order valence-electron chi connectivity index (χ2n) is 8.06. The first-order chi connectivity index (χ1) is 10.1. The molecule has 22 heavy (non-hydrogen) atoms. The minimum atomic E-state index is -1.47. The van der Waals surface area contributed by atoms with Gasteiger partial charge in [-0.2, -0.15) is 0 Å². The van der Waals surface area contributed by atoms with Crippen molar-refractivity contribution in [2.75, 3.05) is 0 Å². The number of aliphatic hydroxyl groups is 2. The monoisotopic (exact) mass is 310 g/mol. The maximum atomic E-state index is 12.4. The summed E-state index contributed by atoms with van der Waals surface area (Å²) in [5.74, 6) is -2.51. The van der Waals surface area contributed by atoms with Gasteiger partial charge in [0.1, 0.15) is 12.2 Å². The van der Waals surface area contributed by atoms with Crippen LogP contribution in [0, 0.1) is 17.3 Å². The average molecular weight is 310 g/mol. The Morgan fingerprint density at radius 1 is 1.27 bits per heavy atom. The Bertz CT molecular complexity index is 638. The molecule has 0 aromatic rings. The van der Waals surface area contributed by atoms with E-state index in [-0.39, 0.29) is 6.42 Å². The standard InChI is InChI=1S/C15H18O7/c1-12(2,18)6-7-10(16)20-8(6)9-13(3)14(7,19)4-5-15(13,22-5)11(17)21-9/h5-9,18-19H,4H2,1-3H3/t5-,6+,7+,8+,9+,13+,14-,15+/m0/s1. The van der Waals surface area contributed by atoms with E-state index in [1.54, 1.807) is 20.8 Å². The van der Waals surface area contributed by atoms with Crippen LogP contribution in [0.15, 0.2) is 0 Å².